The van der Waals surface area contributed by atoms with Crippen molar-refractivity contribution in [2.24, 2.45) is 0 Å². The van der Waals surface area contributed by atoms with Crippen LogP contribution in [0, 0.1) is 12.7 Å². The molecule has 1 heterocycles. The molecule has 1 atom stereocenters. The Morgan fingerprint density at radius 3 is 2.86 bits per heavy atom. The summed E-state index contributed by atoms with van der Waals surface area (Å²) < 4.78 is 24.9. The summed E-state index contributed by atoms with van der Waals surface area (Å²) in [4.78, 5) is 0. The molecule has 3 nitrogen and oxygen atoms in total. The average molecular weight is 291 g/mol. The SMILES string of the molecule is CCCNC(C)c1cc(F)c(C)cc1OCc1ccco1. The van der Waals surface area contributed by atoms with Crippen LogP contribution in [0.3, 0.4) is 0 Å². The van der Waals surface area contributed by atoms with Crippen molar-refractivity contribution in [3.05, 3.63) is 53.2 Å². The molecule has 2 aromatic rings. The summed E-state index contributed by atoms with van der Waals surface area (Å²) in [6.45, 7) is 7.08. The van der Waals surface area contributed by atoms with Gasteiger partial charge in [0, 0.05) is 11.6 Å². The van der Waals surface area contributed by atoms with Gasteiger partial charge < -0.3 is 14.5 Å². The third-order valence-corrected chi connectivity index (χ3v) is 3.41. The van der Waals surface area contributed by atoms with Gasteiger partial charge in [0.1, 0.15) is 23.9 Å². The topological polar surface area (TPSA) is 34.4 Å². The molecule has 0 radical (unpaired) electrons. The summed E-state index contributed by atoms with van der Waals surface area (Å²) in [5.74, 6) is 1.24. The van der Waals surface area contributed by atoms with Gasteiger partial charge in [0.05, 0.1) is 6.26 Å². The van der Waals surface area contributed by atoms with E-state index in [1.165, 1.54) is 0 Å². The van der Waals surface area contributed by atoms with Crippen LogP contribution < -0.4 is 10.1 Å². The van der Waals surface area contributed by atoms with Crippen molar-refractivity contribution in [2.75, 3.05) is 6.54 Å². The van der Waals surface area contributed by atoms with Crippen molar-refractivity contribution in [1.29, 1.82) is 0 Å². The molecule has 1 aromatic carbocycles. The van der Waals surface area contributed by atoms with Crippen LogP contribution in [0.25, 0.3) is 0 Å². The third-order valence-electron chi connectivity index (χ3n) is 3.41. The fourth-order valence-electron chi connectivity index (χ4n) is 2.15. The van der Waals surface area contributed by atoms with Crippen LogP contribution in [-0.4, -0.2) is 6.54 Å². The Labute approximate surface area is 125 Å². The van der Waals surface area contributed by atoms with Gasteiger partial charge in [0.25, 0.3) is 0 Å². The van der Waals surface area contributed by atoms with E-state index in [2.05, 4.69) is 12.2 Å². The van der Waals surface area contributed by atoms with Crippen molar-refractivity contribution in [2.45, 2.75) is 39.8 Å². The zero-order chi connectivity index (χ0) is 15.2. The molecule has 0 aliphatic rings. The highest BCUT2D eigenvalue weighted by molar-refractivity contribution is 5.40. The van der Waals surface area contributed by atoms with E-state index in [0.29, 0.717) is 17.9 Å². The normalized spacial score (nSPS) is 12.4. The number of hydrogen-bond acceptors (Lipinski definition) is 3. The molecule has 0 saturated carbocycles. The van der Waals surface area contributed by atoms with Gasteiger partial charge >= 0.3 is 0 Å². The van der Waals surface area contributed by atoms with Crippen LogP contribution >= 0.6 is 0 Å². The summed E-state index contributed by atoms with van der Waals surface area (Å²) >= 11 is 0. The van der Waals surface area contributed by atoms with Crippen molar-refractivity contribution in [3.8, 4) is 5.75 Å². The fourth-order valence-corrected chi connectivity index (χ4v) is 2.15. The second kappa shape index (κ2) is 7.27. The van der Waals surface area contributed by atoms with Gasteiger partial charge in [0.2, 0.25) is 0 Å². The van der Waals surface area contributed by atoms with Crippen molar-refractivity contribution in [1.82, 2.24) is 5.32 Å². The first-order valence-corrected chi connectivity index (χ1v) is 7.30. The lowest BCUT2D eigenvalue weighted by atomic mass is 10.0. The van der Waals surface area contributed by atoms with E-state index in [-0.39, 0.29) is 11.9 Å². The van der Waals surface area contributed by atoms with Crippen LogP contribution in [0.2, 0.25) is 0 Å². The summed E-state index contributed by atoms with van der Waals surface area (Å²) in [5, 5.41) is 3.36. The minimum atomic E-state index is -0.208. The fraction of sp³-hybridized carbons (Fsp3) is 0.412. The number of rotatable bonds is 7. The standard InChI is InChI=1S/C17H22FNO2/c1-4-7-19-13(3)15-10-16(18)12(2)9-17(15)21-11-14-6-5-8-20-14/h5-6,8-10,13,19H,4,7,11H2,1-3H3. The molecule has 0 saturated heterocycles. The minimum absolute atomic E-state index is 0.0339. The third kappa shape index (κ3) is 4.08. The minimum Gasteiger partial charge on any atom is -0.485 e. The highest BCUT2D eigenvalue weighted by Crippen LogP contribution is 2.29. The highest BCUT2D eigenvalue weighted by Gasteiger charge is 2.15. The molecule has 1 unspecified atom stereocenters. The number of halogens is 1. The highest BCUT2D eigenvalue weighted by atomic mass is 19.1. The molecule has 114 valence electrons. The van der Waals surface area contributed by atoms with E-state index in [4.69, 9.17) is 9.15 Å². The van der Waals surface area contributed by atoms with E-state index in [9.17, 15) is 4.39 Å². The van der Waals surface area contributed by atoms with E-state index in [1.807, 2.05) is 19.1 Å². The first-order valence-electron chi connectivity index (χ1n) is 7.30. The van der Waals surface area contributed by atoms with Gasteiger partial charge in [-0.05, 0) is 56.6 Å². The van der Waals surface area contributed by atoms with Crippen LogP contribution in [0.15, 0.2) is 34.9 Å². The first-order chi connectivity index (χ1) is 10.1. The smallest absolute Gasteiger partial charge is 0.146 e. The van der Waals surface area contributed by atoms with Gasteiger partial charge in [-0.15, -0.1) is 0 Å². The predicted octanol–water partition coefficient (Wildman–Crippen LogP) is 4.37. The molecule has 0 aliphatic carbocycles. The molecular formula is C17H22FNO2. The number of hydrogen-bond donors (Lipinski definition) is 1. The van der Waals surface area contributed by atoms with Gasteiger partial charge in [-0.25, -0.2) is 4.39 Å². The van der Waals surface area contributed by atoms with Crippen LogP contribution in [0.1, 0.15) is 43.2 Å². The molecule has 1 N–H and O–H groups in total. The number of furan rings is 1. The van der Waals surface area contributed by atoms with Gasteiger partial charge in [-0.3, -0.25) is 0 Å². The molecule has 0 amide bonds. The predicted molar refractivity (Wildman–Crippen MR) is 80.9 cm³/mol. The largest absolute Gasteiger partial charge is 0.485 e. The monoisotopic (exact) mass is 291 g/mol. The summed E-state index contributed by atoms with van der Waals surface area (Å²) in [7, 11) is 0. The first kappa shape index (κ1) is 15.6. The van der Waals surface area contributed by atoms with Gasteiger partial charge in [0.15, 0.2) is 0 Å². The quantitative estimate of drug-likeness (QED) is 0.822. The molecule has 0 bridgehead atoms. The number of ether oxygens (including phenoxy) is 1. The maximum atomic E-state index is 13.9. The van der Waals surface area contributed by atoms with Crippen LogP contribution in [0.5, 0.6) is 5.75 Å². The van der Waals surface area contributed by atoms with Crippen molar-refractivity contribution < 1.29 is 13.5 Å². The number of aryl methyl sites for hydroxylation is 1. The Morgan fingerprint density at radius 2 is 2.19 bits per heavy atom. The van der Waals surface area contributed by atoms with E-state index < -0.39 is 0 Å². The molecular weight excluding hydrogens is 269 g/mol. The zero-order valence-electron chi connectivity index (χ0n) is 12.8. The van der Waals surface area contributed by atoms with E-state index >= 15 is 0 Å². The molecule has 0 fully saturated rings. The summed E-state index contributed by atoms with van der Waals surface area (Å²) in [6.07, 6.45) is 2.64. The molecule has 4 heteroatoms. The Hall–Kier alpha value is -1.81. The summed E-state index contributed by atoms with van der Waals surface area (Å²) in [6, 6.07) is 7.01. The van der Waals surface area contributed by atoms with Gasteiger partial charge in [-0.2, -0.15) is 0 Å². The Balaban J connectivity index is 2.18. The second-order valence-corrected chi connectivity index (χ2v) is 5.18. The number of nitrogens with one attached hydrogen (secondary N) is 1. The molecule has 1 aromatic heterocycles. The van der Waals surface area contributed by atoms with Crippen LogP contribution in [-0.2, 0) is 6.61 Å². The lowest BCUT2D eigenvalue weighted by Gasteiger charge is -2.19. The molecule has 21 heavy (non-hydrogen) atoms. The van der Waals surface area contributed by atoms with Crippen molar-refractivity contribution >= 4 is 0 Å². The lowest BCUT2D eigenvalue weighted by molar-refractivity contribution is 0.265. The Bertz CT molecular complexity index is 566. The maximum Gasteiger partial charge on any atom is 0.146 e. The molecule has 2 rings (SSSR count). The van der Waals surface area contributed by atoms with Crippen LogP contribution in [0.4, 0.5) is 4.39 Å². The van der Waals surface area contributed by atoms with Crippen molar-refractivity contribution in [3.63, 3.8) is 0 Å². The molecule has 0 aliphatic heterocycles. The maximum absolute atomic E-state index is 13.9. The number of benzene rings is 1. The zero-order valence-corrected chi connectivity index (χ0v) is 12.8. The van der Waals surface area contributed by atoms with E-state index in [0.717, 1.165) is 24.3 Å². The van der Waals surface area contributed by atoms with Gasteiger partial charge in [-0.1, -0.05) is 6.92 Å². The summed E-state index contributed by atoms with van der Waals surface area (Å²) in [5.41, 5.74) is 1.41. The average Bonchev–Trinajstić information content (AvgIpc) is 2.98. The second-order valence-electron chi connectivity index (χ2n) is 5.18. The van der Waals surface area contributed by atoms with E-state index in [1.54, 1.807) is 25.3 Å². The molecule has 0 spiro atoms. The lowest BCUT2D eigenvalue weighted by Crippen LogP contribution is -2.20. The Kier molecular flexibility index (Phi) is 5.39. The Morgan fingerprint density at radius 1 is 1.38 bits per heavy atom.